The number of carbonyl (C=O) groups excluding carboxylic acids is 2. The molecule has 0 aliphatic carbocycles. The molecular weight excluding hydrogens is 232 g/mol. The van der Waals surface area contributed by atoms with E-state index in [-0.39, 0.29) is 17.9 Å². The van der Waals surface area contributed by atoms with Crippen LogP contribution in [0.2, 0.25) is 0 Å². The molecule has 1 aliphatic rings. The SMILES string of the molecule is COC(=O)c1ccc(NC(=O)C2CCCN2)cc1. The molecule has 0 radical (unpaired) electrons. The topological polar surface area (TPSA) is 67.4 Å². The van der Waals surface area contributed by atoms with Gasteiger partial charge in [-0.05, 0) is 43.7 Å². The van der Waals surface area contributed by atoms with Gasteiger partial charge >= 0.3 is 5.97 Å². The summed E-state index contributed by atoms with van der Waals surface area (Å²) in [6.45, 7) is 0.888. The molecule has 2 N–H and O–H groups in total. The lowest BCUT2D eigenvalue weighted by molar-refractivity contribution is -0.117. The zero-order chi connectivity index (χ0) is 13.0. The second-order valence-corrected chi connectivity index (χ2v) is 4.21. The maximum atomic E-state index is 11.8. The van der Waals surface area contributed by atoms with Gasteiger partial charge in [0.25, 0.3) is 0 Å². The second kappa shape index (κ2) is 5.64. The maximum absolute atomic E-state index is 11.8. The number of hydrogen-bond donors (Lipinski definition) is 2. The van der Waals surface area contributed by atoms with Crippen molar-refractivity contribution in [2.75, 3.05) is 19.0 Å². The van der Waals surface area contributed by atoms with Gasteiger partial charge in [0, 0.05) is 5.69 Å². The number of rotatable bonds is 3. The highest BCUT2D eigenvalue weighted by Gasteiger charge is 2.21. The molecule has 1 unspecified atom stereocenters. The van der Waals surface area contributed by atoms with Crippen molar-refractivity contribution in [2.24, 2.45) is 0 Å². The molecule has 1 aromatic rings. The summed E-state index contributed by atoms with van der Waals surface area (Å²) in [6.07, 6.45) is 1.89. The molecular formula is C13H16N2O3. The summed E-state index contributed by atoms with van der Waals surface area (Å²) < 4.78 is 4.60. The van der Waals surface area contributed by atoms with E-state index in [0.717, 1.165) is 19.4 Å². The Labute approximate surface area is 106 Å². The van der Waals surface area contributed by atoms with Crippen LogP contribution >= 0.6 is 0 Å². The van der Waals surface area contributed by atoms with Gasteiger partial charge in [0.1, 0.15) is 0 Å². The second-order valence-electron chi connectivity index (χ2n) is 4.21. The largest absolute Gasteiger partial charge is 0.465 e. The molecule has 18 heavy (non-hydrogen) atoms. The van der Waals surface area contributed by atoms with Crippen molar-refractivity contribution in [3.05, 3.63) is 29.8 Å². The highest BCUT2D eigenvalue weighted by Crippen LogP contribution is 2.13. The molecule has 2 rings (SSSR count). The average molecular weight is 248 g/mol. The van der Waals surface area contributed by atoms with Crippen LogP contribution < -0.4 is 10.6 Å². The lowest BCUT2D eigenvalue weighted by Crippen LogP contribution is -2.35. The monoisotopic (exact) mass is 248 g/mol. The predicted octanol–water partition coefficient (Wildman–Crippen LogP) is 1.16. The molecule has 5 nitrogen and oxygen atoms in total. The van der Waals surface area contributed by atoms with Gasteiger partial charge in [0.15, 0.2) is 0 Å². The van der Waals surface area contributed by atoms with E-state index in [4.69, 9.17) is 0 Å². The van der Waals surface area contributed by atoms with E-state index < -0.39 is 0 Å². The van der Waals surface area contributed by atoms with Crippen molar-refractivity contribution in [1.29, 1.82) is 0 Å². The van der Waals surface area contributed by atoms with Gasteiger partial charge in [-0.15, -0.1) is 0 Å². The van der Waals surface area contributed by atoms with Crippen LogP contribution in [0.5, 0.6) is 0 Å². The highest BCUT2D eigenvalue weighted by molar-refractivity contribution is 5.96. The zero-order valence-electron chi connectivity index (χ0n) is 10.2. The van der Waals surface area contributed by atoms with E-state index in [1.165, 1.54) is 7.11 Å². The number of carbonyl (C=O) groups is 2. The number of anilines is 1. The van der Waals surface area contributed by atoms with Crippen molar-refractivity contribution in [3.63, 3.8) is 0 Å². The number of hydrogen-bond acceptors (Lipinski definition) is 4. The quantitative estimate of drug-likeness (QED) is 0.788. The Morgan fingerprint density at radius 1 is 1.33 bits per heavy atom. The minimum absolute atomic E-state index is 0.0293. The molecule has 1 aromatic carbocycles. The highest BCUT2D eigenvalue weighted by atomic mass is 16.5. The molecule has 0 spiro atoms. The summed E-state index contributed by atoms with van der Waals surface area (Å²) in [5.41, 5.74) is 1.15. The molecule has 1 fully saturated rings. The van der Waals surface area contributed by atoms with Crippen LogP contribution in [0, 0.1) is 0 Å². The predicted molar refractivity (Wildman–Crippen MR) is 67.4 cm³/mol. The lowest BCUT2D eigenvalue weighted by Gasteiger charge is -2.11. The molecule has 0 aromatic heterocycles. The Morgan fingerprint density at radius 2 is 2.06 bits per heavy atom. The number of ether oxygens (including phenoxy) is 1. The first-order valence-electron chi connectivity index (χ1n) is 5.93. The first-order valence-corrected chi connectivity index (χ1v) is 5.93. The Bertz CT molecular complexity index is 436. The smallest absolute Gasteiger partial charge is 0.337 e. The summed E-state index contributed by atoms with van der Waals surface area (Å²) in [4.78, 5) is 23.1. The van der Waals surface area contributed by atoms with Crippen LogP contribution in [0.1, 0.15) is 23.2 Å². The third kappa shape index (κ3) is 2.87. The third-order valence-electron chi connectivity index (χ3n) is 2.95. The Hall–Kier alpha value is -1.88. The van der Waals surface area contributed by atoms with Gasteiger partial charge in [0.2, 0.25) is 5.91 Å². The van der Waals surface area contributed by atoms with Crippen molar-refractivity contribution in [1.82, 2.24) is 5.32 Å². The van der Waals surface area contributed by atoms with Crippen LogP contribution in [-0.2, 0) is 9.53 Å². The lowest BCUT2D eigenvalue weighted by atomic mass is 10.2. The van der Waals surface area contributed by atoms with Crippen LogP contribution in [0.15, 0.2) is 24.3 Å². The molecule has 1 aliphatic heterocycles. The Morgan fingerprint density at radius 3 is 2.61 bits per heavy atom. The van der Waals surface area contributed by atoms with E-state index in [0.29, 0.717) is 11.3 Å². The number of esters is 1. The zero-order valence-corrected chi connectivity index (χ0v) is 10.2. The van der Waals surface area contributed by atoms with Crippen molar-refractivity contribution < 1.29 is 14.3 Å². The van der Waals surface area contributed by atoms with Gasteiger partial charge in [-0.1, -0.05) is 0 Å². The van der Waals surface area contributed by atoms with Crippen molar-refractivity contribution in [2.45, 2.75) is 18.9 Å². The van der Waals surface area contributed by atoms with Crippen LogP contribution in [0.4, 0.5) is 5.69 Å². The summed E-state index contributed by atoms with van der Waals surface area (Å²) in [5.74, 6) is -0.413. The fourth-order valence-corrected chi connectivity index (χ4v) is 1.95. The molecule has 0 bridgehead atoms. The molecule has 1 amide bonds. The molecule has 1 atom stereocenters. The van der Waals surface area contributed by atoms with Crippen molar-refractivity contribution in [3.8, 4) is 0 Å². The third-order valence-corrected chi connectivity index (χ3v) is 2.95. The minimum atomic E-state index is -0.384. The van der Waals surface area contributed by atoms with E-state index in [1.807, 2.05) is 0 Å². The normalized spacial score (nSPS) is 18.4. The molecule has 5 heteroatoms. The fraction of sp³-hybridized carbons (Fsp3) is 0.385. The van der Waals surface area contributed by atoms with E-state index >= 15 is 0 Å². The van der Waals surface area contributed by atoms with Crippen LogP contribution in [-0.4, -0.2) is 31.6 Å². The van der Waals surface area contributed by atoms with Crippen LogP contribution in [0.3, 0.4) is 0 Å². The van der Waals surface area contributed by atoms with Gasteiger partial charge < -0.3 is 15.4 Å². The molecule has 96 valence electrons. The number of amides is 1. The van der Waals surface area contributed by atoms with Gasteiger partial charge in [-0.2, -0.15) is 0 Å². The van der Waals surface area contributed by atoms with E-state index in [2.05, 4.69) is 15.4 Å². The van der Waals surface area contributed by atoms with Gasteiger partial charge in [0.05, 0.1) is 18.7 Å². The van der Waals surface area contributed by atoms with Gasteiger partial charge in [-0.3, -0.25) is 4.79 Å². The fourth-order valence-electron chi connectivity index (χ4n) is 1.95. The standard InChI is InChI=1S/C13H16N2O3/c1-18-13(17)9-4-6-10(7-5-9)15-12(16)11-3-2-8-14-11/h4-7,11,14H,2-3,8H2,1H3,(H,15,16). The summed E-state index contributed by atoms with van der Waals surface area (Å²) in [5, 5.41) is 5.94. The minimum Gasteiger partial charge on any atom is -0.465 e. The van der Waals surface area contributed by atoms with E-state index in [1.54, 1.807) is 24.3 Å². The molecule has 1 heterocycles. The summed E-state index contributed by atoms with van der Waals surface area (Å²) in [7, 11) is 1.34. The molecule has 0 saturated carbocycles. The van der Waals surface area contributed by atoms with Crippen LogP contribution in [0.25, 0.3) is 0 Å². The maximum Gasteiger partial charge on any atom is 0.337 e. The first kappa shape index (κ1) is 12.6. The number of methoxy groups -OCH3 is 1. The number of nitrogens with one attached hydrogen (secondary N) is 2. The first-order chi connectivity index (χ1) is 8.70. The summed E-state index contributed by atoms with van der Waals surface area (Å²) in [6, 6.07) is 6.54. The van der Waals surface area contributed by atoms with Crippen molar-refractivity contribution >= 4 is 17.6 Å². The molecule has 1 saturated heterocycles. The summed E-state index contributed by atoms with van der Waals surface area (Å²) >= 11 is 0. The van der Waals surface area contributed by atoms with E-state index in [9.17, 15) is 9.59 Å². The Kier molecular flexibility index (Phi) is 3.94. The Balaban J connectivity index is 1.97. The number of benzene rings is 1. The van der Waals surface area contributed by atoms with Gasteiger partial charge in [-0.25, -0.2) is 4.79 Å². The average Bonchev–Trinajstić information content (AvgIpc) is 2.92.